The maximum absolute atomic E-state index is 12.7. The molecule has 0 unspecified atom stereocenters. The Morgan fingerprint density at radius 2 is 1.78 bits per heavy atom. The van der Waals surface area contributed by atoms with Crippen LogP contribution in [0.3, 0.4) is 0 Å². The summed E-state index contributed by atoms with van der Waals surface area (Å²) >= 11 is 0. The topological polar surface area (TPSA) is 84.9 Å². The highest BCUT2D eigenvalue weighted by Gasteiger charge is 2.25. The van der Waals surface area contributed by atoms with Gasteiger partial charge in [0.1, 0.15) is 0 Å². The highest BCUT2D eigenvalue weighted by molar-refractivity contribution is 7.89. The molecule has 0 bridgehead atoms. The summed E-state index contributed by atoms with van der Waals surface area (Å²) in [5.41, 5.74) is 1.79. The predicted molar refractivity (Wildman–Crippen MR) is 124 cm³/mol. The molecule has 2 aromatic rings. The minimum absolute atomic E-state index is 0.152. The van der Waals surface area contributed by atoms with E-state index in [2.05, 4.69) is 5.32 Å². The molecule has 32 heavy (non-hydrogen) atoms. The zero-order valence-corrected chi connectivity index (χ0v) is 19.4. The first kappa shape index (κ1) is 23.8. The van der Waals surface area contributed by atoms with E-state index in [1.165, 1.54) is 0 Å². The average molecular weight is 459 g/mol. The van der Waals surface area contributed by atoms with E-state index >= 15 is 0 Å². The molecule has 0 aliphatic carbocycles. The Morgan fingerprint density at radius 3 is 2.44 bits per heavy atom. The molecule has 1 fully saturated rings. The van der Waals surface area contributed by atoms with Crippen molar-refractivity contribution in [2.45, 2.75) is 37.6 Å². The van der Waals surface area contributed by atoms with Gasteiger partial charge in [-0.25, -0.2) is 8.42 Å². The number of ether oxygens (including phenoxy) is 2. The second-order valence-corrected chi connectivity index (χ2v) is 9.52. The van der Waals surface area contributed by atoms with Crippen LogP contribution in [0.4, 0.5) is 0 Å². The van der Waals surface area contributed by atoms with Crippen molar-refractivity contribution in [2.24, 2.45) is 0 Å². The smallest absolute Gasteiger partial charge is 0.258 e. The summed E-state index contributed by atoms with van der Waals surface area (Å²) in [6.45, 7) is 3.21. The maximum atomic E-state index is 12.7. The third kappa shape index (κ3) is 6.11. The predicted octanol–water partition coefficient (Wildman–Crippen LogP) is 3.60. The van der Waals surface area contributed by atoms with E-state index in [4.69, 9.17) is 9.47 Å². The van der Waals surface area contributed by atoms with E-state index < -0.39 is 10.0 Å². The van der Waals surface area contributed by atoms with Gasteiger partial charge in [-0.3, -0.25) is 4.79 Å². The van der Waals surface area contributed by atoms with Crippen molar-refractivity contribution in [1.82, 2.24) is 9.62 Å². The van der Waals surface area contributed by atoms with Crippen molar-refractivity contribution in [3.63, 3.8) is 0 Å². The van der Waals surface area contributed by atoms with Gasteiger partial charge in [0.25, 0.3) is 5.91 Å². The zero-order valence-electron chi connectivity index (χ0n) is 18.5. The number of benzene rings is 2. The lowest BCUT2D eigenvalue weighted by atomic mass is 10.2. The Bertz CT molecular complexity index is 1040. The fourth-order valence-corrected chi connectivity index (χ4v) is 5.05. The molecular formula is C24H30N2O5S. The van der Waals surface area contributed by atoms with E-state index in [-0.39, 0.29) is 24.0 Å². The Kier molecular flexibility index (Phi) is 8.30. The minimum Gasteiger partial charge on any atom is -0.493 e. The number of nitrogens with zero attached hydrogens (tertiary/aromatic N) is 1. The normalized spacial score (nSPS) is 14.9. The summed E-state index contributed by atoms with van der Waals surface area (Å²) in [5, 5.41) is 2.78. The van der Waals surface area contributed by atoms with Gasteiger partial charge in [-0.15, -0.1) is 0 Å². The van der Waals surface area contributed by atoms with Crippen molar-refractivity contribution >= 4 is 22.0 Å². The number of methoxy groups -OCH3 is 1. The quantitative estimate of drug-likeness (QED) is 0.621. The Morgan fingerprint density at radius 1 is 1.06 bits per heavy atom. The van der Waals surface area contributed by atoms with Crippen molar-refractivity contribution in [3.05, 3.63) is 59.7 Å². The average Bonchev–Trinajstić information content (AvgIpc) is 2.82. The number of hydrogen-bond acceptors (Lipinski definition) is 5. The number of carbonyl (C=O) groups is 1. The van der Waals surface area contributed by atoms with E-state index in [0.717, 1.165) is 30.4 Å². The van der Waals surface area contributed by atoms with Crippen LogP contribution in [-0.2, 0) is 21.4 Å². The van der Waals surface area contributed by atoms with Crippen LogP contribution < -0.4 is 14.8 Å². The lowest BCUT2D eigenvalue weighted by molar-refractivity contribution is -0.123. The lowest BCUT2D eigenvalue weighted by Crippen LogP contribution is -2.35. The molecule has 172 valence electrons. The Hall–Kier alpha value is -2.84. The Labute approximate surface area is 190 Å². The molecule has 1 saturated heterocycles. The molecule has 0 spiro atoms. The molecular weight excluding hydrogens is 428 g/mol. The third-order valence-electron chi connectivity index (χ3n) is 5.27. The maximum Gasteiger partial charge on any atom is 0.258 e. The van der Waals surface area contributed by atoms with Crippen LogP contribution in [0.1, 0.15) is 37.3 Å². The summed E-state index contributed by atoms with van der Waals surface area (Å²) < 4.78 is 37.9. The van der Waals surface area contributed by atoms with Crippen LogP contribution in [0.5, 0.6) is 11.5 Å². The third-order valence-corrected chi connectivity index (χ3v) is 7.18. The molecule has 2 aromatic carbocycles. The number of rotatable bonds is 9. The highest BCUT2D eigenvalue weighted by atomic mass is 32.2. The van der Waals surface area contributed by atoms with Gasteiger partial charge in [-0.05, 0) is 55.2 Å². The van der Waals surface area contributed by atoms with Crippen molar-refractivity contribution in [1.29, 1.82) is 0 Å². The molecule has 0 atom stereocenters. The van der Waals surface area contributed by atoms with Gasteiger partial charge in [0.15, 0.2) is 18.1 Å². The van der Waals surface area contributed by atoms with Crippen molar-refractivity contribution in [2.75, 3.05) is 26.8 Å². The molecule has 7 nitrogen and oxygen atoms in total. The number of allylic oxidation sites excluding steroid dienone is 1. The number of sulfonamides is 1. The minimum atomic E-state index is -3.45. The summed E-state index contributed by atoms with van der Waals surface area (Å²) in [4.78, 5) is 12.5. The van der Waals surface area contributed by atoms with E-state index in [0.29, 0.717) is 24.6 Å². The fourth-order valence-electron chi connectivity index (χ4n) is 3.53. The summed E-state index contributed by atoms with van der Waals surface area (Å²) in [5.74, 6) is 0.761. The molecule has 1 aliphatic rings. The van der Waals surface area contributed by atoms with Gasteiger partial charge < -0.3 is 14.8 Å². The SMILES string of the molecule is C/C=C/c1ccc(OCC(=O)NCc2ccc(S(=O)(=O)N3CCCCC3)cc2)c(OC)c1. The van der Waals surface area contributed by atoms with E-state index in [1.807, 2.05) is 31.2 Å². The molecule has 1 aliphatic heterocycles. The zero-order chi connectivity index (χ0) is 23.0. The molecule has 0 aromatic heterocycles. The largest absolute Gasteiger partial charge is 0.493 e. The molecule has 1 heterocycles. The number of amides is 1. The molecule has 0 radical (unpaired) electrons. The van der Waals surface area contributed by atoms with E-state index in [9.17, 15) is 13.2 Å². The summed E-state index contributed by atoms with van der Waals surface area (Å²) in [6.07, 6.45) is 6.75. The van der Waals surface area contributed by atoms with Crippen LogP contribution in [0.2, 0.25) is 0 Å². The molecule has 8 heteroatoms. The van der Waals surface area contributed by atoms with Gasteiger partial charge in [0, 0.05) is 19.6 Å². The van der Waals surface area contributed by atoms with Gasteiger partial charge in [0.05, 0.1) is 12.0 Å². The van der Waals surface area contributed by atoms with Crippen LogP contribution in [0.15, 0.2) is 53.4 Å². The number of piperidine rings is 1. The lowest BCUT2D eigenvalue weighted by Gasteiger charge is -2.25. The first-order valence-corrected chi connectivity index (χ1v) is 12.2. The van der Waals surface area contributed by atoms with Gasteiger partial charge in [-0.2, -0.15) is 4.31 Å². The summed E-state index contributed by atoms with van der Waals surface area (Å²) in [7, 11) is -1.90. The van der Waals surface area contributed by atoms with Crippen molar-refractivity contribution in [3.8, 4) is 11.5 Å². The second-order valence-electron chi connectivity index (χ2n) is 7.58. The monoisotopic (exact) mass is 458 g/mol. The van der Waals surface area contributed by atoms with Crippen molar-refractivity contribution < 1.29 is 22.7 Å². The Balaban J connectivity index is 1.52. The van der Waals surface area contributed by atoms with Crippen LogP contribution >= 0.6 is 0 Å². The standard InChI is InChI=1S/C24H30N2O5S/c1-3-7-19-10-13-22(23(16-19)30-2)31-18-24(27)25-17-20-8-11-21(12-9-20)32(28,29)26-14-5-4-6-15-26/h3,7-13,16H,4-6,14-15,17-18H2,1-2H3,(H,25,27)/b7-3+. The van der Waals surface area contributed by atoms with Crippen LogP contribution in [0.25, 0.3) is 6.08 Å². The highest BCUT2D eigenvalue weighted by Crippen LogP contribution is 2.28. The number of carbonyl (C=O) groups excluding carboxylic acids is 1. The van der Waals surface area contributed by atoms with Gasteiger partial charge in [0.2, 0.25) is 10.0 Å². The molecule has 1 N–H and O–H groups in total. The first-order chi connectivity index (χ1) is 15.4. The van der Waals surface area contributed by atoms with Gasteiger partial charge in [-0.1, -0.05) is 36.8 Å². The summed E-state index contributed by atoms with van der Waals surface area (Å²) in [6, 6.07) is 12.1. The molecule has 0 saturated carbocycles. The molecule has 1 amide bonds. The second kappa shape index (κ2) is 11.2. The number of nitrogens with one attached hydrogen (secondary N) is 1. The molecule has 3 rings (SSSR count). The fraction of sp³-hybridized carbons (Fsp3) is 0.375. The van der Waals surface area contributed by atoms with Crippen LogP contribution in [0, 0.1) is 0 Å². The van der Waals surface area contributed by atoms with Crippen LogP contribution in [-0.4, -0.2) is 45.4 Å². The van der Waals surface area contributed by atoms with Gasteiger partial charge >= 0.3 is 0 Å². The number of hydrogen-bond donors (Lipinski definition) is 1. The van der Waals surface area contributed by atoms with E-state index in [1.54, 1.807) is 41.7 Å². The first-order valence-electron chi connectivity index (χ1n) is 10.7.